The zero-order valence-electron chi connectivity index (χ0n) is 26.4. The van der Waals surface area contributed by atoms with E-state index in [9.17, 15) is 22.8 Å². The Kier molecular flexibility index (Phi) is 10.9. The van der Waals surface area contributed by atoms with Gasteiger partial charge in [-0.15, -0.1) is 0 Å². The fraction of sp³-hybridized carbons (Fsp3) is 0.194. The Hall–Kier alpha value is -5.07. The molecule has 1 saturated heterocycles. The fourth-order valence-corrected chi connectivity index (χ4v) is 8.43. The highest BCUT2D eigenvalue weighted by atomic mass is 33.1. The number of ether oxygens (including phenoxy) is 3. The number of benzene rings is 4. The second-order valence-corrected chi connectivity index (χ2v) is 14.8. The van der Waals surface area contributed by atoms with Gasteiger partial charge in [0, 0.05) is 10.8 Å². The van der Waals surface area contributed by atoms with E-state index in [0.29, 0.717) is 27.7 Å². The Balaban J connectivity index is 1.46. The Morgan fingerprint density at radius 3 is 1.94 bits per heavy atom. The lowest BCUT2D eigenvalue weighted by atomic mass is 10.0. The number of allylic oxidation sites excluding steroid dienone is 1. The van der Waals surface area contributed by atoms with Crippen LogP contribution >= 0.6 is 10.8 Å². The van der Waals surface area contributed by atoms with Crippen LogP contribution in [0.3, 0.4) is 0 Å². The number of β-lactam (4-membered cyclic amide) rings is 1. The maximum Gasteiger partial charge on any atom is 0.359 e. The first-order chi connectivity index (χ1) is 23.1. The molecule has 1 heterocycles. The zero-order valence-corrected chi connectivity index (χ0v) is 28.1. The van der Waals surface area contributed by atoms with Gasteiger partial charge in [0.2, 0.25) is 8.87 Å². The van der Waals surface area contributed by atoms with Crippen molar-refractivity contribution >= 4 is 37.4 Å². The SMILES string of the molecule is CO/C(C)=C(\C(=O)OC(c1ccccc1)c1ccccc1)N1C(=O)C(NC(=O)COc2ccccc2)C1SS(=O)(=O)c1ccc(C)cc1. The van der Waals surface area contributed by atoms with Crippen molar-refractivity contribution in [3.05, 3.63) is 143 Å². The molecule has 2 atom stereocenters. The average Bonchev–Trinajstić information content (AvgIpc) is 3.11. The van der Waals surface area contributed by atoms with Crippen molar-refractivity contribution in [2.24, 2.45) is 0 Å². The van der Waals surface area contributed by atoms with Crippen LogP contribution in [0.2, 0.25) is 0 Å². The van der Waals surface area contributed by atoms with Crippen LogP contribution in [0.4, 0.5) is 0 Å². The molecule has 5 rings (SSSR count). The van der Waals surface area contributed by atoms with Crippen molar-refractivity contribution in [1.82, 2.24) is 10.2 Å². The summed E-state index contributed by atoms with van der Waals surface area (Å²) in [4.78, 5) is 41.8. The molecule has 4 aromatic rings. The molecule has 0 spiro atoms. The molecule has 10 nitrogen and oxygen atoms in total. The van der Waals surface area contributed by atoms with Crippen molar-refractivity contribution in [1.29, 1.82) is 0 Å². The third kappa shape index (κ3) is 7.89. The van der Waals surface area contributed by atoms with Crippen LogP contribution in [0.15, 0.2) is 132 Å². The summed E-state index contributed by atoms with van der Waals surface area (Å²) in [6.45, 7) is 2.88. The first-order valence-electron chi connectivity index (χ1n) is 14.9. The minimum atomic E-state index is -4.09. The van der Waals surface area contributed by atoms with Crippen molar-refractivity contribution in [2.75, 3.05) is 13.7 Å². The number of para-hydroxylation sites is 1. The van der Waals surface area contributed by atoms with Gasteiger partial charge in [-0.3, -0.25) is 14.5 Å². The molecule has 0 radical (unpaired) electrons. The van der Waals surface area contributed by atoms with Crippen molar-refractivity contribution in [2.45, 2.75) is 36.3 Å². The van der Waals surface area contributed by atoms with E-state index in [4.69, 9.17) is 14.2 Å². The number of methoxy groups -OCH3 is 1. The van der Waals surface area contributed by atoms with Gasteiger partial charge < -0.3 is 19.5 Å². The van der Waals surface area contributed by atoms with Crippen molar-refractivity contribution in [3.63, 3.8) is 0 Å². The lowest BCUT2D eigenvalue weighted by molar-refractivity contribution is -0.155. The summed E-state index contributed by atoms with van der Waals surface area (Å²) in [7, 11) is -2.34. The van der Waals surface area contributed by atoms with E-state index in [1.54, 1.807) is 42.5 Å². The lowest BCUT2D eigenvalue weighted by Gasteiger charge is -2.46. The van der Waals surface area contributed by atoms with E-state index >= 15 is 0 Å². The average molecular weight is 687 g/mol. The van der Waals surface area contributed by atoms with Gasteiger partial charge in [0.1, 0.15) is 22.9 Å². The monoisotopic (exact) mass is 686 g/mol. The van der Waals surface area contributed by atoms with Gasteiger partial charge in [-0.1, -0.05) is 96.6 Å². The normalized spacial score (nSPS) is 16.4. The van der Waals surface area contributed by atoms with Crippen LogP contribution in [-0.2, 0) is 32.7 Å². The second-order valence-electron chi connectivity index (χ2n) is 10.8. The Morgan fingerprint density at radius 1 is 0.854 bits per heavy atom. The molecule has 12 heteroatoms. The number of carbonyl (C=O) groups excluding carboxylic acids is 3. The number of esters is 1. The number of nitrogens with zero attached hydrogens (tertiary/aromatic N) is 1. The van der Waals surface area contributed by atoms with E-state index < -0.39 is 50.8 Å². The predicted octanol–water partition coefficient (Wildman–Crippen LogP) is 5.36. The largest absolute Gasteiger partial charge is 0.499 e. The van der Waals surface area contributed by atoms with Gasteiger partial charge in [-0.25, -0.2) is 13.2 Å². The van der Waals surface area contributed by atoms with Crippen LogP contribution in [0.25, 0.3) is 0 Å². The summed E-state index contributed by atoms with van der Waals surface area (Å²) in [5, 5.41) is 1.33. The second kappa shape index (κ2) is 15.2. The molecule has 1 N–H and O–H groups in total. The highest BCUT2D eigenvalue weighted by molar-refractivity contribution is 8.72. The predicted molar refractivity (Wildman–Crippen MR) is 181 cm³/mol. The summed E-state index contributed by atoms with van der Waals surface area (Å²) >= 11 is 0. The van der Waals surface area contributed by atoms with E-state index in [0.717, 1.165) is 10.5 Å². The number of carbonyl (C=O) groups is 3. The van der Waals surface area contributed by atoms with Crippen LogP contribution in [0, 0.1) is 6.92 Å². The molecule has 4 aromatic carbocycles. The molecule has 0 bridgehead atoms. The Bertz CT molecular complexity index is 1850. The summed E-state index contributed by atoms with van der Waals surface area (Å²) in [6, 6.07) is 31.7. The molecule has 0 saturated carbocycles. The maximum absolute atomic E-state index is 14.1. The topological polar surface area (TPSA) is 128 Å². The molecule has 1 aliphatic rings. The van der Waals surface area contributed by atoms with E-state index in [1.165, 1.54) is 26.2 Å². The number of hydrogen-bond acceptors (Lipinski definition) is 9. The van der Waals surface area contributed by atoms with Gasteiger partial charge in [0.15, 0.2) is 18.4 Å². The van der Waals surface area contributed by atoms with Gasteiger partial charge in [0.25, 0.3) is 11.8 Å². The summed E-state index contributed by atoms with van der Waals surface area (Å²) in [5.41, 5.74) is 1.93. The first kappa shape index (κ1) is 34.3. The van der Waals surface area contributed by atoms with E-state index in [1.807, 2.05) is 67.6 Å². The minimum Gasteiger partial charge on any atom is -0.499 e. The molecule has 0 aromatic heterocycles. The summed E-state index contributed by atoms with van der Waals surface area (Å²) < 4.78 is 44.3. The highest BCUT2D eigenvalue weighted by Gasteiger charge is 2.55. The Labute approximate surface area is 283 Å². The smallest absolute Gasteiger partial charge is 0.359 e. The molecular formula is C36H34N2O8S2. The first-order valence-corrected chi connectivity index (χ1v) is 17.8. The standard InChI is InChI=1S/C36H34N2O8S2/c1-24-19-21-29(22-20-24)48(42,43)47-35-31(37-30(39)23-45-28-17-11-6-12-18-28)34(40)38(35)32(25(2)44-3)36(41)46-33(26-13-7-4-8-14-26)27-15-9-5-10-16-27/h4-22,31,33,35H,23H2,1-3H3,(H,37,39)/b32-25+. The van der Waals surface area contributed by atoms with Crippen molar-refractivity contribution in [3.8, 4) is 5.75 Å². The third-order valence-corrected chi connectivity index (χ3v) is 11.2. The molecule has 1 aliphatic heterocycles. The van der Waals surface area contributed by atoms with E-state index in [2.05, 4.69) is 5.32 Å². The van der Waals surface area contributed by atoms with Gasteiger partial charge in [0.05, 0.1) is 12.0 Å². The number of hydrogen-bond donors (Lipinski definition) is 1. The van der Waals surface area contributed by atoms with Crippen molar-refractivity contribution < 1.29 is 37.0 Å². The molecule has 248 valence electrons. The zero-order chi connectivity index (χ0) is 34.3. The van der Waals surface area contributed by atoms with Crippen LogP contribution in [-0.4, -0.2) is 56.2 Å². The van der Waals surface area contributed by atoms with Crippen LogP contribution < -0.4 is 10.1 Å². The number of rotatable bonds is 13. The van der Waals surface area contributed by atoms with Gasteiger partial charge in [-0.2, -0.15) is 0 Å². The molecular weight excluding hydrogens is 653 g/mol. The number of likely N-dealkylation sites (tertiary alicyclic amines) is 1. The molecule has 2 amide bonds. The molecule has 1 fully saturated rings. The van der Waals surface area contributed by atoms with Crippen LogP contribution in [0.5, 0.6) is 5.75 Å². The number of amides is 2. The summed E-state index contributed by atoms with van der Waals surface area (Å²) in [6.07, 6.45) is -0.857. The number of aryl methyl sites for hydroxylation is 1. The molecule has 2 unspecified atom stereocenters. The summed E-state index contributed by atoms with van der Waals surface area (Å²) in [5.74, 6) is -1.84. The highest BCUT2D eigenvalue weighted by Crippen LogP contribution is 2.41. The lowest BCUT2D eigenvalue weighted by Crippen LogP contribution is -2.70. The van der Waals surface area contributed by atoms with Gasteiger partial charge in [-0.05, 0) is 49.2 Å². The van der Waals surface area contributed by atoms with E-state index in [-0.39, 0.29) is 16.4 Å². The maximum atomic E-state index is 14.1. The quantitative estimate of drug-likeness (QED) is 0.0650. The third-order valence-electron chi connectivity index (χ3n) is 7.51. The van der Waals surface area contributed by atoms with Gasteiger partial charge >= 0.3 is 5.97 Å². The number of nitrogens with one attached hydrogen (secondary N) is 1. The fourth-order valence-electron chi connectivity index (χ4n) is 4.96. The minimum absolute atomic E-state index is 0.000301. The molecule has 0 aliphatic carbocycles. The molecule has 48 heavy (non-hydrogen) atoms. The van der Waals surface area contributed by atoms with Crippen LogP contribution in [0.1, 0.15) is 29.7 Å². The Morgan fingerprint density at radius 2 is 1.40 bits per heavy atom.